The van der Waals surface area contributed by atoms with Gasteiger partial charge in [-0.2, -0.15) is 0 Å². The molecule has 0 radical (unpaired) electrons. The first-order valence-electron chi connectivity index (χ1n) is 5.93. The maximum Gasteiger partial charge on any atom is 0.408 e. The third-order valence-electron chi connectivity index (χ3n) is 2.46. The maximum atomic E-state index is 11.5. The molecule has 2 N–H and O–H groups in total. The van der Waals surface area contributed by atoms with Crippen molar-refractivity contribution in [3.8, 4) is 0 Å². The first kappa shape index (κ1) is 15.7. The second kappa shape index (κ2) is 6.47. The van der Waals surface area contributed by atoms with Crippen LogP contribution in [0.5, 0.6) is 0 Å². The van der Waals surface area contributed by atoms with Crippen LogP contribution in [0.4, 0.5) is 4.79 Å². The molecule has 0 saturated carbocycles. The standard InChI is InChI=1S/C12H23NO4/c1-6-8(7-2)9(10(14)15)13-11(16)17-12(3,4)5/h8-9H,6-7H2,1-5H3,(H,13,16)(H,14,15)/t9-/m0/s1. The van der Waals surface area contributed by atoms with E-state index in [9.17, 15) is 9.59 Å². The lowest BCUT2D eigenvalue weighted by Gasteiger charge is -2.25. The zero-order valence-corrected chi connectivity index (χ0v) is 11.2. The summed E-state index contributed by atoms with van der Waals surface area (Å²) < 4.78 is 5.04. The number of carboxylic acids is 1. The first-order valence-corrected chi connectivity index (χ1v) is 5.93. The lowest BCUT2D eigenvalue weighted by atomic mass is 9.94. The van der Waals surface area contributed by atoms with Crippen molar-refractivity contribution in [2.75, 3.05) is 0 Å². The van der Waals surface area contributed by atoms with Crippen molar-refractivity contribution in [3.05, 3.63) is 0 Å². The molecule has 0 aromatic carbocycles. The van der Waals surface area contributed by atoms with Crippen LogP contribution in [0.25, 0.3) is 0 Å². The zero-order chi connectivity index (χ0) is 13.6. The van der Waals surface area contributed by atoms with E-state index in [1.165, 1.54) is 0 Å². The molecule has 1 atom stereocenters. The molecule has 0 rings (SSSR count). The fourth-order valence-electron chi connectivity index (χ4n) is 1.58. The number of rotatable bonds is 5. The Morgan fingerprint density at radius 2 is 1.71 bits per heavy atom. The quantitative estimate of drug-likeness (QED) is 0.779. The van der Waals surface area contributed by atoms with Gasteiger partial charge in [0, 0.05) is 0 Å². The van der Waals surface area contributed by atoms with E-state index in [2.05, 4.69) is 5.32 Å². The van der Waals surface area contributed by atoms with Gasteiger partial charge >= 0.3 is 12.1 Å². The summed E-state index contributed by atoms with van der Waals surface area (Å²) in [4.78, 5) is 22.6. The average molecular weight is 245 g/mol. The maximum absolute atomic E-state index is 11.5. The summed E-state index contributed by atoms with van der Waals surface area (Å²) in [6, 6.07) is -0.889. The van der Waals surface area contributed by atoms with Gasteiger partial charge < -0.3 is 15.2 Å². The zero-order valence-electron chi connectivity index (χ0n) is 11.2. The van der Waals surface area contributed by atoms with Gasteiger partial charge in [-0.05, 0) is 26.7 Å². The van der Waals surface area contributed by atoms with Gasteiger partial charge in [-0.25, -0.2) is 9.59 Å². The van der Waals surface area contributed by atoms with Crippen molar-refractivity contribution in [1.82, 2.24) is 5.32 Å². The summed E-state index contributed by atoms with van der Waals surface area (Å²) in [5, 5.41) is 11.5. The number of carboxylic acid groups (broad SMARTS) is 1. The smallest absolute Gasteiger partial charge is 0.408 e. The molecule has 17 heavy (non-hydrogen) atoms. The highest BCUT2D eigenvalue weighted by Gasteiger charge is 2.29. The Balaban J connectivity index is 4.56. The minimum atomic E-state index is -1.02. The van der Waals surface area contributed by atoms with E-state index in [1.807, 2.05) is 13.8 Å². The van der Waals surface area contributed by atoms with Crippen LogP contribution < -0.4 is 5.32 Å². The molecule has 0 unspecified atom stereocenters. The van der Waals surface area contributed by atoms with Crippen LogP contribution in [0.2, 0.25) is 0 Å². The van der Waals surface area contributed by atoms with E-state index in [0.29, 0.717) is 12.8 Å². The van der Waals surface area contributed by atoms with Crippen molar-refractivity contribution < 1.29 is 19.4 Å². The molecule has 0 saturated heterocycles. The van der Waals surface area contributed by atoms with Gasteiger partial charge in [0.25, 0.3) is 0 Å². The predicted molar refractivity (Wildman–Crippen MR) is 64.9 cm³/mol. The summed E-state index contributed by atoms with van der Waals surface area (Å²) in [5.74, 6) is -1.11. The van der Waals surface area contributed by atoms with Gasteiger partial charge in [0.15, 0.2) is 0 Å². The summed E-state index contributed by atoms with van der Waals surface area (Å²) >= 11 is 0. The molecule has 1 amide bonds. The number of hydrogen-bond acceptors (Lipinski definition) is 3. The fourth-order valence-corrected chi connectivity index (χ4v) is 1.58. The average Bonchev–Trinajstić information content (AvgIpc) is 2.14. The second-order valence-electron chi connectivity index (χ2n) is 5.04. The van der Waals surface area contributed by atoms with Crippen molar-refractivity contribution in [1.29, 1.82) is 0 Å². The van der Waals surface area contributed by atoms with Gasteiger partial charge in [0.05, 0.1) is 0 Å². The molecule has 0 heterocycles. The van der Waals surface area contributed by atoms with Gasteiger partial charge in [0.1, 0.15) is 11.6 Å². The molecule has 0 aliphatic carbocycles. The van der Waals surface area contributed by atoms with E-state index < -0.39 is 23.7 Å². The highest BCUT2D eigenvalue weighted by Crippen LogP contribution is 2.14. The van der Waals surface area contributed by atoms with E-state index in [-0.39, 0.29) is 5.92 Å². The SMILES string of the molecule is CCC(CC)[C@H](NC(=O)OC(C)(C)C)C(=O)O. The molecular weight excluding hydrogens is 222 g/mol. The Bertz CT molecular complexity index is 266. The van der Waals surface area contributed by atoms with Gasteiger partial charge in [-0.3, -0.25) is 0 Å². The van der Waals surface area contributed by atoms with E-state index >= 15 is 0 Å². The van der Waals surface area contributed by atoms with Crippen molar-refractivity contribution in [2.24, 2.45) is 5.92 Å². The molecule has 0 fully saturated rings. The Labute approximate surface area is 103 Å². The number of nitrogens with one attached hydrogen (secondary N) is 1. The van der Waals surface area contributed by atoms with Crippen molar-refractivity contribution >= 4 is 12.1 Å². The second-order valence-corrected chi connectivity index (χ2v) is 5.04. The third kappa shape index (κ3) is 6.14. The molecular formula is C12H23NO4. The topological polar surface area (TPSA) is 75.6 Å². The molecule has 5 nitrogen and oxygen atoms in total. The molecule has 0 aromatic heterocycles. The van der Waals surface area contributed by atoms with Gasteiger partial charge in [0.2, 0.25) is 0 Å². The fraction of sp³-hybridized carbons (Fsp3) is 0.833. The minimum absolute atomic E-state index is 0.0833. The van der Waals surface area contributed by atoms with Gasteiger partial charge in [-0.1, -0.05) is 26.7 Å². The Morgan fingerprint density at radius 3 is 2.00 bits per heavy atom. The number of amides is 1. The Kier molecular flexibility index (Phi) is 5.99. The summed E-state index contributed by atoms with van der Waals surface area (Å²) in [6.07, 6.45) is 0.712. The number of carbonyl (C=O) groups excluding carboxylic acids is 1. The van der Waals surface area contributed by atoms with Crippen LogP contribution in [0, 0.1) is 5.92 Å². The monoisotopic (exact) mass is 245 g/mol. The van der Waals surface area contributed by atoms with E-state index in [4.69, 9.17) is 9.84 Å². The summed E-state index contributed by atoms with van der Waals surface area (Å²) in [6.45, 7) is 9.01. The van der Waals surface area contributed by atoms with Crippen LogP contribution in [0.15, 0.2) is 0 Å². The van der Waals surface area contributed by atoms with E-state index in [0.717, 1.165) is 0 Å². The van der Waals surface area contributed by atoms with Crippen molar-refractivity contribution in [2.45, 2.75) is 59.1 Å². The molecule has 0 bridgehead atoms. The normalized spacial score (nSPS) is 13.3. The highest BCUT2D eigenvalue weighted by molar-refractivity contribution is 5.80. The largest absolute Gasteiger partial charge is 0.480 e. The van der Waals surface area contributed by atoms with Crippen molar-refractivity contribution in [3.63, 3.8) is 0 Å². The molecule has 5 heteroatoms. The highest BCUT2D eigenvalue weighted by atomic mass is 16.6. The Morgan fingerprint density at radius 1 is 1.24 bits per heavy atom. The number of hydrogen-bond donors (Lipinski definition) is 2. The third-order valence-corrected chi connectivity index (χ3v) is 2.46. The number of alkyl carbamates (subject to hydrolysis) is 1. The number of ether oxygens (including phenoxy) is 1. The predicted octanol–water partition coefficient (Wildman–Crippen LogP) is 2.40. The Hall–Kier alpha value is -1.26. The number of aliphatic carboxylic acids is 1. The number of carbonyl (C=O) groups is 2. The van der Waals surface area contributed by atoms with Crippen LogP contribution >= 0.6 is 0 Å². The molecule has 0 spiro atoms. The minimum Gasteiger partial charge on any atom is -0.480 e. The van der Waals surface area contributed by atoms with Crippen LogP contribution in [-0.4, -0.2) is 28.8 Å². The molecule has 100 valence electrons. The first-order chi connectivity index (χ1) is 7.71. The molecule has 0 aliphatic heterocycles. The van der Waals surface area contributed by atoms with Crippen LogP contribution in [-0.2, 0) is 9.53 Å². The van der Waals surface area contributed by atoms with Crippen LogP contribution in [0.3, 0.4) is 0 Å². The lowest BCUT2D eigenvalue weighted by molar-refractivity contribution is -0.141. The van der Waals surface area contributed by atoms with E-state index in [1.54, 1.807) is 20.8 Å². The summed E-state index contributed by atoms with van der Waals surface area (Å²) in [7, 11) is 0. The molecule has 0 aromatic rings. The van der Waals surface area contributed by atoms with Gasteiger partial charge in [-0.15, -0.1) is 0 Å². The lowest BCUT2D eigenvalue weighted by Crippen LogP contribution is -2.47. The van der Waals surface area contributed by atoms with Crippen LogP contribution in [0.1, 0.15) is 47.5 Å². The molecule has 0 aliphatic rings. The summed E-state index contributed by atoms with van der Waals surface area (Å²) in [5.41, 5.74) is -0.624.